The highest BCUT2D eigenvalue weighted by Crippen LogP contribution is 2.24. The number of rotatable bonds is 5. The molecule has 3 rings (SSSR count). The van der Waals surface area contributed by atoms with E-state index in [4.69, 9.17) is 5.73 Å². The summed E-state index contributed by atoms with van der Waals surface area (Å²) in [6, 6.07) is 6.58. The molecule has 1 aliphatic heterocycles. The molecule has 24 heavy (non-hydrogen) atoms. The van der Waals surface area contributed by atoms with Crippen molar-refractivity contribution in [2.75, 3.05) is 31.5 Å². The topological polar surface area (TPSA) is 53.6 Å². The van der Waals surface area contributed by atoms with Crippen LogP contribution in [0.25, 0.3) is 0 Å². The van der Waals surface area contributed by atoms with E-state index in [1.807, 2.05) is 0 Å². The SMILES string of the molecule is CC(C)CN1CCCC(CN=C(N)Nc2ccc3c(c2)CCC3)C1. The van der Waals surface area contributed by atoms with Crippen molar-refractivity contribution in [3.8, 4) is 0 Å². The average molecular weight is 329 g/mol. The summed E-state index contributed by atoms with van der Waals surface area (Å²) in [5.41, 5.74) is 10.1. The third-order valence-electron chi connectivity index (χ3n) is 5.12. The zero-order valence-corrected chi connectivity index (χ0v) is 15.2. The maximum Gasteiger partial charge on any atom is 0.193 e. The molecule has 1 aromatic carbocycles. The van der Waals surface area contributed by atoms with Crippen molar-refractivity contribution in [3.05, 3.63) is 29.3 Å². The highest BCUT2D eigenvalue weighted by molar-refractivity contribution is 5.92. The smallest absolute Gasteiger partial charge is 0.193 e. The van der Waals surface area contributed by atoms with E-state index in [9.17, 15) is 0 Å². The largest absolute Gasteiger partial charge is 0.370 e. The molecule has 1 aromatic rings. The van der Waals surface area contributed by atoms with E-state index in [0.717, 1.165) is 24.7 Å². The summed E-state index contributed by atoms with van der Waals surface area (Å²) >= 11 is 0. The summed E-state index contributed by atoms with van der Waals surface area (Å²) in [4.78, 5) is 7.19. The number of nitrogens with zero attached hydrogens (tertiary/aromatic N) is 2. The second-order valence-electron chi connectivity index (χ2n) is 7.85. The number of aliphatic imine (C=N–C) groups is 1. The Morgan fingerprint density at radius 2 is 2.12 bits per heavy atom. The van der Waals surface area contributed by atoms with E-state index < -0.39 is 0 Å². The van der Waals surface area contributed by atoms with Gasteiger partial charge in [-0.3, -0.25) is 4.99 Å². The minimum Gasteiger partial charge on any atom is -0.370 e. The first-order chi connectivity index (χ1) is 11.6. The minimum atomic E-state index is 0.550. The van der Waals surface area contributed by atoms with Crippen molar-refractivity contribution in [2.24, 2.45) is 22.6 Å². The molecule has 0 spiro atoms. The summed E-state index contributed by atoms with van der Waals surface area (Å²) < 4.78 is 0. The number of likely N-dealkylation sites (tertiary alicyclic amines) is 1. The third kappa shape index (κ3) is 4.73. The van der Waals surface area contributed by atoms with Gasteiger partial charge in [0.2, 0.25) is 0 Å². The average Bonchev–Trinajstić information content (AvgIpc) is 3.00. The van der Waals surface area contributed by atoms with Crippen LogP contribution in [0.4, 0.5) is 5.69 Å². The lowest BCUT2D eigenvalue weighted by molar-refractivity contribution is 0.162. The molecule has 4 nitrogen and oxygen atoms in total. The molecule has 3 N–H and O–H groups in total. The molecule has 4 heteroatoms. The first kappa shape index (κ1) is 17.3. The number of piperidine rings is 1. The zero-order chi connectivity index (χ0) is 16.9. The Labute approximate surface area is 146 Å². The first-order valence-electron chi connectivity index (χ1n) is 9.51. The van der Waals surface area contributed by atoms with Crippen LogP contribution >= 0.6 is 0 Å². The Morgan fingerprint density at radius 3 is 2.96 bits per heavy atom. The molecule has 2 aliphatic rings. The van der Waals surface area contributed by atoms with Crippen molar-refractivity contribution in [3.63, 3.8) is 0 Å². The van der Waals surface area contributed by atoms with Gasteiger partial charge in [-0.2, -0.15) is 0 Å². The van der Waals surface area contributed by atoms with Crippen molar-refractivity contribution in [2.45, 2.75) is 46.0 Å². The van der Waals surface area contributed by atoms with Gasteiger partial charge >= 0.3 is 0 Å². The van der Waals surface area contributed by atoms with Crippen molar-refractivity contribution < 1.29 is 0 Å². The third-order valence-corrected chi connectivity index (χ3v) is 5.12. The van der Waals surface area contributed by atoms with Crippen molar-refractivity contribution in [1.29, 1.82) is 0 Å². The molecule has 1 aliphatic carbocycles. The summed E-state index contributed by atoms with van der Waals surface area (Å²) in [6.07, 6.45) is 6.23. The van der Waals surface area contributed by atoms with E-state index >= 15 is 0 Å². The fourth-order valence-corrected chi connectivity index (χ4v) is 4.05. The van der Waals surface area contributed by atoms with Crippen LogP contribution in [0, 0.1) is 11.8 Å². The summed E-state index contributed by atoms with van der Waals surface area (Å²) in [5, 5.41) is 3.27. The fourth-order valence-electron chi connectivity index (χ4n) is 4.05. The molecule has 0 aromatic heterocycles. The lowest BCUT2D eigenvalue weighted by Crippen LogP contribution is -2.39. The van der Waals surface area contributed by atoms with Crippen LogP contribution in [0.3, 0.4) is 0 Å². The molecule has 0 radical (unpaired) electrons. The van der Waals surface area contributed by atoms with Crippen LogP contribution in [-0.4, -0.2) is 37.0 Å². The zero-order valence-electron chi connectivity index (χ0n) is 15.2. The van der Waals surface area contributed by atoms with Gasteiger partial charge in [-0.25, -0.2) is 0 Å². The Balaban J connectivity index is 1.50. The molecule has 1 fully saturated rings. The van der Waals surface area contributed by atoms with Gasteiger partial charge in [0.1, 0.15) is 0 Å². The minimum absolute atomic E-state index is 0.550. The highest BCUT2D eigenvalue weighted by Gasteiger charge is 2.20. The summed E-state index contributed by atoms with van der Waals surface area (Å²) in [7, 11) is 0. The van der Waals surface area contributed by atoms with E-state index in [0.29, 0.717) is 11.9 Å². The normalized spacial score (nSPS) is 22.0. The number of nitrogens with two attached hydrogens (primary N) is 1. The first-order valence-corrected chi connectivity index (χ1v) is 9.51. The fraction of sp³-hybridized carbons (Fsp3) is 0.650. The van der Waals surface area contributed by atoms with Gasteiger partial charge in [-0.15, -0.1) is 0 Å². The van der Waals surface area contributed by atoms with E-state index in [1.54, 1.807) is 0 Å². The Bertz CT molecular complexity index is 579. The lowest BCUT2D eigenvalue weighted by Gasteiger charge is -2.33. The number of aryl methyl sites for hydroxylation is 2. The van der Waals surface area contributed by atoms with Crippen molar-refractivity contribution in [1.82, 2.24) is 4.90 Å². The molecule has 1 heterocycles. The number of guanidine groups is 1. The summed E-state index contributed by atoms with van der Waals surface area (Å²) in [6.45, 7) is 9.01. The van der Waals surface area contributed by atoms with Gasteiger partial charge in [0.05, 0.1) is 0 Å². The number of benzene rings is 1. The Kier molecular flexibility index (Phi) is 5.77. The molecule has 0 saturated carbocycles. The van der Waals surface area contributed by atoms with Crippen LogP contribution in [0.15, 0.2) is 23.2 Å². The molecule has 1 atom stereocenters. The van der Waals surface area contributed by atoms with Gasteiger partial charge in [-0.1, -0.05) is 19.9 Å². The summed E-state index contributed by atoms with van der Waals surface area (Å²) in [5.74, 6) is 1.92. The van der Waals surface area contributed by atoms with Crippen LogP contribution in [0.2, 0.25) is 0 Å². The molecule has 0 amide bonds. The van der Waals surface area contributed by atoms with Gasteiger partial charge in [0.25, 0.3) is 0 Å². The molecular formula is C20H32N4. The van der Waals surface area contributed by atoms with Crippen LogP contribution < -0.4 is 11.1 Å². The number of nitrogens with one attached hydrogen (secondary N) is 1. The monoisotopic (exact) mass is 328 g/mol. The predicted octanol–water partition coefficient (Wildman–Crippen LogP) is 3.27. The maximum absolute atomic E-state index is 6.11. The maximum atomic E-state index is 6.11. The highest BCUT2D eigenvalue weighted by atomic mass is 15.1. The second kappa shape index (κ2) is 8.02. The number of fused-ring (bicyclic) bond motifs is 1. The standard InChI is InChI=1S/C20H32N4/c1-15(2)13-24-10-4-5-16(14-24)12-22-20(21)23-19-9-8-17-6-3-7-18(17)11-19/h8-9,11,15-16H,3-7,10,12-14H2,1-2H3,(H3,21,22,23). The van der Waals surface area contributed by atoms with Gasteiger partial charge < -0.3 is 16.0 Å². The van der Waals surface area contributed by atoms with Gasteiger partial charge in [0, 0.05) is 25.3 Å². The Hall–Kier alpha value is -1.55. The molecule has 1 saturated heterocycles. The van der Waals surface area contributed by atoms with Crippen LogP contribution in [0.5, 0.6) is 0 Å². The van der Waals surface area contributed by atoms with Crippen LogP contribution in [0.1, 0.15) is 44.2 Å². The second-order valence-corrected chi connectivity index (χ2v) is 7.85. The quantitative estimate of drug-likeness (QED) is 0.644. The predicted molar refractivity (Wildman–Crippen MR) is 103 cm³/mol. The molecule has 132 valence electrons. The molecular weight excluding hydrogens is 296 g/mol. The van der Waals surface area contributed by atoms with Gasteiger partial charge in [-0.05, 0) is 73.7 Å². The number of anilines is 1. The molecule has 0 bridgehead atoms. The van der Waals surface area contributed by atoms with E-state index in [1.165, 1.54) is 56.3 Å². The van der Waals surface area contributed by atoms with Gasteiger partial charge in [0.15, 0.2) is 5.96 Å². The Morgan fingerprint density at radius 1 is 1.29 bits per heavy atom. The number of hydrogen-bond donors (Lipinski definition) is 2. The number of hydrogen-bond acceptors (Lipinski definition) is 2. The lowest BCUT2D eigenvalue weighted by atomic mass is 9.97. The van der Waals surface area contributed by atoms with E-state index in [-0.39, 0.29) is 0 Å². The molecule has 1 unspecified atom stereocenters. The van der Waals surface area contributed by atoms with Crippen molar-refractivity contribution >= 4 is 11.6 Å². The van der Waals surface area contributed by atoms with Crippen LogP contribution in [-0.2, 0) is 12.8 Å². The van der Waals surface area contributed by atoms with E-state index in [2.05, 4.69) is 47.3 Å².